The summed E-state index contributed by atoms with van der Waals surface area (Å²) in [6.07, 6.45) is 0. The highest BCUT2D eigenvalue weighted by molar-refractivity contribution is 6.01. The summed E-state index contributed by atoms with van der Waals surface area (Å²) in [6.45, 7) is 4.88. The van der Waals surface area contributed by atoms with Crippen molar-refractivity contribution in [2.75, 3.05) is 19.8 Å². The molecule has 0 bridgehead atoms. The van der Waals surface area contributed by atoms with Crippen molar-refractivity contribution in [2.24, 2.45) is 5.73 Å². The van der Waals surface area contributed by atoms with Crippen molar-refractivity contribution < 1.29 is 14.3 Å². The Morgan fingerprint density at radius 2 is 1.94 bits per heavy atom. The molecule has 0 radical (unpaired) electrons. The molecule has 0 fully saturated rings. The second-order valence-electron chi connectivity index (χ2n) is 3.85. The summed E-state index contributed by atoms with van der Waals surface area (Å²) >= 11 is 0. The van der Waals surface area contributed by atoms with Crippen molar-refractivity contribution in [1.29, 1.82) is 0 Å². The quantitative estimate of drug-likeness (QED) is 0.763. The minimum Gasteiger partial charge on any atom is -0.486 e. The third kappa shape index (κ3) is 1.65. The fourth-order valence-corrected chi connectivity index (χ4v) is 1.78. The fourth-order valence-electron chi connectivity index (χ4n) is 1.78. The van der Waals surface area contributed by atoms with Gasteiger partial charge in [-0.2, -0.15) is 0 Å². The lowest BCUT2D eigenvalue weighted by Crippen LogP contribution is -2.21. The highest BCUT2D eigenvalue weighted by atomic mass is 16.6. The molecule has 0 unspecified atom stereocenters. The summed E-state index contributed by atoms with van der Waals surface area (Å²) in [4.78, 5) is 11.7. The minimum absolute atomic E-state index is 0.0156. The molecule has 1 aliphatic rings. The number of fused-ring (bicyclic) bond motifs is 1. The minimum atomic E-state index is -0.121. The summed E-state index contributed by atoms with van der Waals surface area (Å²) in [7, 11) is 0. The topological polar surface area (TPSA) is 61.6 Å². The molecular weight excluding hydrogens is 206 g/mol. The first-order chi connectivity index (χ1) is 7.65. The number of Topliss-reactive ketones (excluding diaryl/α,β-unsaturated/α-hetero) is 1. The van der Waals surface area contributed by atoms with Gasteiger partial charge in [-0.15, -0.1) is 0 Å². The van der Waals surface area contributed by atoms with E-state index < -0.39 is 0 Å². The summed E-state index contributed by atoms with van der Waals surface area (Å²) in [5.41, 5.74) is 7.94. The molecule has 16 heavy (non-hydrogen) atoms. The Labute approximate surface area is 94.3 Å². The van der Waals surface area contributed by atoms with Crippen LogP contribution in [0.3, 0.4) is 0 Å². The summed E-state index contributed by atoms with van der Waals surface area (Å²) in [5, 5.41) is 0. The van der Waals surface area contributed by atoms with Crippen LogP contribution in [0.2, 0.25) is 0 Å². The molecule has 1 aliphatic heterocycles. The number of hydrogen-bond donors (Lipinski definition) is 1. The molecule has 0 aliphatic carbocycles. The van der Waals surface area contributed by atoms with Gasteiger partial charge in [-0.05, 0) is 31.0 Å². The SMILES string of the molecule is Cc1cc(C(=O)CN)c2c(c1C)OCCO2. The Kier molecular flexibility index (Phi) is 2.83. The van der Waals surface area contributed by atoms with Crippen LogP contribution in [0.4, 0.5) is 0 Å². The van der Waals surface area contributed by atoms with Gasteiger partial charge in [-0.25, -0.2) is 0 Å². The van der Waals surface area contributed by atoms with Gasteiger partial charge in [0, 0.05) is 0 Å². The summed E-state index contributed by atoms with van der Waals surface area (Å²) < 4.78 is 11.1. The summed E-state index contributed by atoms with van der Waals surface area (Å²) in [6, 6.07) is 1.82. The molecule has 0 atom stereocenters. The van der Waals surface area contributed by atoms with Crippen molar-refractivity contribution in [3.8, 4) is 11.5 Å². The Hall–Kier alpha value is -1.55. The van der Waals surface area contributed by atoms with Crippen LogP contribution in [0.15, 0.2) is 6.07 Å². The molecule has 1 heterocycles. The van der Waals surface area contributed by atoms with E-state index in [1.807, 2.05) is 19.9 Å². The Balaban J connectivity index is 2.61. The number of carbonyl (C=O) groups is 1. The van der Waals surface area contributed by atoms with Gasteiger partial charge < -0.3 is 15.2 Å². The first-order valence-corrected chi connectivity index (χ1v) is 5.28. The Morgan fingerprint density at radius 1 is 1.31 bits per heavy atom. The maximum absolute atomic E-state index is 11.7. The molecule has 0 spiro atoms. The van der Waals surface area contributed by atoms with Crippen LogP contribution < -0.4 is 15.2 Å². The van der Waals surface area contributed by atoms with E-state index in [2.05, 4.69) is 0 Å². The number of carbonyl (C=O) groups excluding carboxylic acids is 1. The van der Waals surface area contributed by atoms with Gasteiger partial charge in [0.2, 0.25) is 0 Å². The number of benzene rings is 1. The number of rotatable bonds is 2. The highest BCUT2D eigenvalue weighted by Crippen LogP contribution is 2.38. The first kappa shape index (κ1) is 11.0. The van der Waals surface area contributed by atoms with E-state index in [1.54, 1.807) is 0 Å². The van der Waals surface area contributed by atoms with Gasteiger partial charge in [0.1, 0.15) is 13.2 Å². The number of hydrogen-bond acceptors (Lipinski definition) is 4. The zero-order valence-corrected chi connectivity index (χ0v) is 9.50. The molecule has 86 valence electrons. The molecular formula is C12H15NO3. The number of ketones is 1. The van der Waals surface area contributed by atoms with Gasteiger partial charge >= 0.3 is 0 Å². The molecule has 0 saturated heterocycles. The molecule has 4 nitrogen and oxygen atoms in total. The molecule has 1 aromatic rings. The molecule has 0 amide bonds. The van der Waals surface area contributed by atoms with Gasteiger partial charge in [0.15, 0.2) is 17.3 Å². The molecule has 4 heteroatoms. The van der Waals surface area contributed by atoms with Crippen LogP contribution >= 0.6 is 0 Å². The van der Waals surface area contributed by atoms with Gasteiger partial charge in [0.25, 0.3) is 0 Å². The maximum atomic E-state index is 11.7. The fraction of sp³-hybridized carbons (Fsp3) is 0.417. The zero-order chi connectivity index (χ0) is 11.7. The van der Waals surface area contributed by atoms with Crippen LogP contribution in [-0.2, 0) is 0 Å². The first-order valence-electron chi connectivity index (χ1n) is 5.28. The van der Waals surface area contributed by atoms with Crippen molar-refractivity contribution in [3.63, 3.8) is 0 Å². The normalized spacial score (nSPS) is 13.7. The van der Waals surface area contributed by atoms with Crippen molar-refractivity contribution in [1.82, 2.24) is 0 Å². The average Bonchev–Trinajstić information content (AvgIpc) is 2.33. The lowest BCUT2D eigenvalue weighted by Gasteiger charge is -2.23. The van der Waals surface area contributed by atoms with Crippen LogP contribution in [-0.4, -0.2) is 25.5 Å². The lowest BCUT2D eigenvalue weighted by molar-refractivity contribution is 0.0990. The third-order valence-electron chi connectivity index (χ3n) is 2.81. The van der Waals surface area contributed by atoms with Crippen LogP contribution in [0.5, 0.6) is 11.5 Å². The van der Waals surface area contributed by atoms with Crippen molar-refractivity contribution >= 4 is 5.78 Å². The number of aryl methyl sites for hydroxylation is 1. The monoisotopic (exact) mass is 221 g/mol. The van der Waals surface area contributed by atoms with Crippen LogP contribution in [0, 0.1) is 13.8 Å². The molecule has 1 aromatic carbocycles. The van der Waals surface area contributed by atoms with E-state index >= 15 is 0 Å². The van der Waals surface area contributed by atoms with Gasteiger partial charge in [-0.3, -0.25) is 4.79 Å². The average molecular weight is 221 g/mol. The second-order valence-corrected chi connectivity index (χ2v) is 3.85. The standard InChI is InChI=1S/C12H15NO3/c1-7-5-9(10(14)6-13)12-11(8(7)2)15-3-4-16-12/h5H,3-4,6,13H2,1-2H3. The van der Waals surface area contributed by atoms with E-state index in [0.29, 0.717) is 30.3 Å². The summed E-state index contributed by atoms with van der Waals surface area (Å²) in [5.74, 6) is 1.11. The predicted molar refractivity (Wildman–Crippen MR) is 60.3 cm³/mol. The number of ether oxygens (including phenoxy) is 2. The van der Waals surface area contributed by atoms with Crippen LogP contribution in [0.1, 0.15) is 21.5 Å². The Bertz CT molecular complexity index is 440. The van der Waals surface area contributed by atoms with E-state index in [1.165, 1.54) is 0 Å². The number of nitrogens with two attached hydrogens (primary N) is 1. The largest absolute Gasteiger partial charge is 0.486 e. The Morgan fingerprint density at radius 3 is 2.56 bits per heavy atom. The molecule has 0 aromatic heterocycles. The van der Waals surface area contributed by atoms with E-state index in [4.69, 9.17) is 15.2 Å². The maximum Gasteiger partial charge on any atom is 0.180 e. The van der Waals surface area contributed by atoms with Crippen LogP contribution in [0.25, 0.3) is 0 Å². The smallest absolute Gasteiger partial charge is 0.180 e. The van der Waals surface area contributed by atoms with Crippen molar-refractivity contribution in [2.45, 2.75) is 13.8 Å². The lowest BCUT2D eigenvalue weighted by atomic mass is 10.0. The third-order valence-corrected chi connectivity index (χ3v) is 2.81. The zero-order valence-electron chi connectivity index (χ0n) is 9.50. The highest BCUT2D eigenvalue weighted by Gasteiger charge is 2.23. The van der Waals surface area contributed by atoms with Gasteiger partial charge in [0.05, 0.1) is 12.1 Å². The van der Waals surface area contributed by atoms with E-state index in [-0.39, 0.29) is 12.3 Å². The van der Waals surface area contributed by atoms with Gasteiger partial charge in [-0.1, -0.05) is 0 Å². The molecule has 0 saturated carbocycles. The van der Waals surface area contributed by atoms with E-state index in [0.717, 1.165) is 11.1 Å². The van der Waals surface area contributed by atoms with E-state index in [9.17, 15) is 4.79 Å². The van der Waals surface area contributed by atoms with Crippen molar-refractivity contribution in [3.05, 3.63) is 22.8 Å². The molecule has 2 N–H and O–H groups in total. The molecule has 2 rings (SSSR count). The second kappa shape index (κ2) is 4.14. The predicted octanol–water partition coefficient (Wildman–Crippen LogP) is 1.22.